The molecule has 1 aromatic rings. The summed E-state index contributed by atoms with van der Waals surface area (Å²) in [5.41, 5.74) is 11.4. The molecule has 0 saturated heterocycles. The van der Waals surface area contributed by atoms with Crippen molar-refractivity contribution in [1.82, 2.24) is 0 Å². The molecule has 0 saturated carbocycles. The third kappa shape index (κ3) is 1.37. The number of ether oxygens (including phenoxy) is 2. The van der Waals surface area contributed by atoms with E-state index in [1.165, 1.54) is 0 Å². The number of fused-ring (bicyclic) bond motifs is 1. The van der Waals surface area contributed by atoms with Crippen LogP contribution in [0.3, 0.4) is 0 Å². The maximum atomic E-state index is 10.6. The summed E-state index contributed by atoms with van der Waals surface area (Å²) < 4.78 is 10.2. The van der Waals surface area contributed by atoms with Gasteiger partial charge in [-0.2, -0.15) is 0 Å². The molecule has 0 radical (unpaired) electrons. The minimum absolute atomic E-state index is 0.162. The van der Waals surface area contributed by atoms with E-state index < -0.39 is 6.03 Å². The fourth-order valence-corrected chi connectivity index (χ4v) is 1.20. The highest BCUT2D eigenvalue weighted by Gasteiger charge is 2.16. The van der Waals surface area contributed by atoms with Crippen LogP contribution in [0.15, 0.2) is 12.1 Å². The number of nitrogen functional groups attached to an aromatic ring is 1. The molecule has 14 heavy (non-hydrogen) atoms. The molecular weight excluding hydrogens is 186 g/mol. The maximum absolute atomic E-state index is 10.6. The first-order valence-electron chi connectivity index (χ1n) is 3.92. The zero-order valence-electron chi connectivity index (χ0n) is 7.24. The lowest BCUT2D eigenvalue weighted by Gasteiger charge is -2.06. The van der Waals surface area contributed by atoms with Gasteiger partial charge >= 0.3 is 6.03 Å². The third-order valence-corrected chi connectivity index (χ3v) is 1.80. The molecule has 1 heterocycles. The molecule has 1 aliphatic heterocycles. The van der Waals surface area contributed by atoms with Crippen LogP contribution in [-0.4, -0.2) is 12.8 Å². The third-order valence-electron chi connectivity index (χ3n) is 1.80. The van der Waals surface area contributed by atoms with Gasteiger partial charge in [0.15, 0.2) is 11.5 Å². The van der Waals surface area contributed by atoms with Gasteiger partial charge in [-0.3, -0.25) is 0 Å². The van der Waals surface area contributed by atoms with Crippen LogP contribution >= 0.6 is 0 Å². The first-order valence-corrected chi connectivity index (χ1v) is 3.92. The summed E-state index contributed by atoms with van der Waals surface area (Å²) in [5.74, 6) is 1.11. The van der Waals surface area contributed by atoms with Gasteiger partial charge in [-0.1, -0.05) is 0 Å². The van der Waals surface area contributed by atoms with E-state index in [9.17, 15) is 4.79 Å². The van der Waals surface area contributed by atoms with Crippen molar-refractivity contribution < 1.29 is 14.3 Å². The fourth-order valence-electron chi connectivity index (χ4n) is 1.20. The van der Waals surface area contributed by atoms with Crippen molar-refractivity contribution >= 4 is 17.4 Å². The van der Waals surface area contributed by atoms with Gasteiger partial charge in [0.05, 0.1) is 11.4 Å². The van der Waals surface area contributed by atoms with E-state index in [1.54, 1.807) is 12.1 Å². The van der Waals surface area contributed by atoms with Gasteiger partial charge in [-0.05, 0) is 0 Å². The molecule has 0 fully saturated rings. The molecule has 0 unspecified atom stereocenters. The Labute approximate surface area is 79.8 Å². The van der Waals surface area contributed by atoms with E-state index >= 15 is 0 Å². The van der Waals surface area contributed by atoms with E-state index in [2.05, 4.69) is 5.32 Å². The Morgan fingerprint density at radius 3 is 2.64 bits per heavy atom. The van der Waals surface area contributed by atoms with Crippen molar-refractivity contribution in [3.05, 3.63) is 12.1 Å². The van der Waals surface area contributed by atoms with Gasteiger partial charge in [0.2, 0.25) is 6.79 Å². The molecule has 6 heteroatoms. The molecule has 2 rings (SSSR count). The van der Waals surface area contributed by atoms with E-state index in [1.807, 2.05) is 0 Å². The number of anilines is 2. The molecule has 1 aromatic carbocycles. The summed E-state index contributed by atoms with van der Waals surface area (Å²) in [5, 5.41) is 2.38. The first kappa shape index (κ1) is 8.49. The van der Waals surface area contributed by atoms with Gasteiger partial charge in [0.25, 0.3) is 0 Å². The number of carbonyl (C=O) groups is 1. The van der Waals surface area contributed by atoms with Crippen molar-refractivity contribution in [3.63, 3.8) is 0 Å². The quantitative estimate of drug-likeness (QED) is 0.567. The van der Waals surface area contributed by atoms with Gasteiger partial charge in [-0.15, -0.1) is 0 Å². The average molecular weight is 195 g/mol. The van der Waals surface area contributed by atoms with Crippen molar-refractivity contribution in [2.45, 2.75) is 0 Å². The van der Waals surface area contributed by atoms with Crippen LogP contribution in [-0.2, 0) is 0 Å². The topological polar surface area (TPSA) is 99.6 Å². The largest absolute Gasteiger partial charge is 0.454 e. The number of nitrogens with two attached hydrogens (primary N) is 2. The molecule has 0 aliphatic carbocycles. The number of hydrogen-bond donors (Lipinski definition) is 3. The molecule has 5 N–H and O–H groups in total. The van der Waals surface area contributed by atoms with Crippen LogP contribution in [0.4, 0.5) is 16.2 Å². The van der Waals surface area contributed by atoms with Crippen molar-refractivity contribution in [1.29, 1.82) is 0 Å². The molecule has 2 amide bonds. The second kappa shape index (κ2) is 2.99. The fraction of sp³-hybridized carbons (Fsp3) is 0.125. The van der Waals surface area contributed by atoms with E-state index in [4.69, 9.17) is 20.9 Å². The Morgan fingerprint density at radius 1 is 1.36 bits per heavy atom. The number of rotatable bonds is 1. The minimum atomic E-state index is -0.671. The summed E-state index contributed by atoms with van der Waals surface area (Å²) in [6.45, 7) is 0.162. The molecule has 0 bridgehead atoms. The Kier molecular flexibility index (Phi) is 1.81. The number of benzene rings is 1. The summed E-state index contributed by atoms with van der Waals surface area (Å²) in [6, 6.07) is 2.48. The van der Waals surface area contributed by atoms with Crippen molar-refractivity contribution in [2.75, 3.05) is 17.8 Å². The average Bonchev–Trinajstić information content (AvgIpc) is 2.51. The standard InChI is InChI=1S/C8H9N3O3/c9-4-1-6-7(14-3-13-6)2-5(4)11-8(10)12/h1-2H,3,9H2,(H3,10,11,12). The molecule has 0 aromatic heterocycles. The summed E-state index contributed by atoms with van der Waals surface area (Å²) in [4.78, 5) is 10.6. The van der Waals surface area contributed by atoms with Crippen LogP contribution in [0.5, 0.6) is 11.5 Å². The lowest BCUT2D eigenvalue weighted by molar-refractivity contribution is 0.174. The number of carbonyl (C=O) groups excluding carboxylic acids is 1. The van der Waals surface area contributed by atoms with Crippen LogP contribution in [0.25, 0.3) is 0 Å². The van der Waals surface area contributed by atoms with Crippen molar-refractivity contribution in [2.24, 2.45) is 5.73 Å². The monoisotopic (exact) mass is 195 g/mol. The van der Waals surface area contributed by atoms with Gasteiger partial charge in [0.1, 0.15) is 0 Å². The van der Waals surface area contributed by atoms with E-state index in [0.29, 0.717) is 22.9 Å². The molecule has 1 aliphatic rings. The van der Waals surface area contributed by atoms with Crippen LogP contribution in [0.1, 0.15) is 0 Å². The zero-order chi connectivity index (χ0) is 10.1. The molecule has 74 valence electrons. The maximum Gasteiger partial charge on any atom is 0.316 e. The van der Waals surface area contributed by atoms with Gasteiger partial charge in [-0.25, -0.2) is 4.79 Å². The van der Waals surface area contributed by atoms with Crippen LogP contribution < -0.4 is 26.3 Å². The minimum Gasteiger partial charge on any atom is -0.454 e. The molecule has 6 nitrogen and oxygen atoms in total. The second-order valence-corrected chi connectivity index (χ2v) is 2.78. The predicted octanol–water partition coefficient (Wildman–Crippen LogP) is 0.488. The normalized spacial score (nSPS) is 12.6. The lowest BCUT2D eigenvalue weighted by atomic mass is 10.2. The highest BCUT2D eigenvalue weighted by Crippen LogP contribution is 2.38. The van der Waals surface area contributed by atoms with E-state index in [-0.39, 0.29) is 6.79 Å². The van der Waals surface area contributed by atoms with Crippen LogP contribution in [0, 0.1) is 0 Å². The Morgan fingerprint density at radius 2 is 2.00 bits per heavy atom. The lowest BCUT2D eigenvalue weighted by Crippen LogP contribution is -2.20. The number of nitrogens with one attached hydrogen (secondary N) is 1. The Bertz CT molecular complexity index is 392. The highest BCUT2D eigenvalue weighted by atomic mass is 16.7. The second-order valence-electron chi connectivity index (χ2n) is 2.78. The smallest absolute Gasteiger partial charge is 0.316 e. The zero-order valence-corrected chi connectivity index (χ0v) is 7.24. The number of amides is 2. The summed E-state index contributed by atoms with van der Waals surface area (Å²) >= 11 is 0. The predicted molar refractivity (Wildman–Crippen MR) is 50.2 cm³/mol. The summed E-state index contributed by atoms with van der Waals surface area (Å²) in [7, 11) is 0. The summed E-state index contributed by atoms with van der Waals surface area (Å²) in [6.07, 6.45) is 0. The van der Waals surface area contributed by atoms with Gasteiger partial charge < -0.3 is 26.3 Å². The Balaban J connectivity index is 2.37. The molecular formula is C8H9N3O3. The molecule has 0 atom stereocenters. The molecule has 0 spiro atoms. The SMILES string of the molecule is NC(=O)Nc1cc2c(cc1N)OCO2. The first-order chi connectivity index (χ1) is 6.66. The highest BCUT2D eigenvalue weighted by molar-refractivity contribution is 5.92. The number of hydrogen-bond acceptors (Lipinski definition) is 4. The van der Waals surface area contributed by atoms with E-state index in [0.717, 1.165) is 0 Å². The van der Waals surface area contributed by atoms with Crippen LogP contribution in [0.2, 0.25) is 0 Å². The van der Waals surface area contributed by atoms with Crippen molar-refractivity contribution in [3.8, 4) is 11.5 Å². The Hall–Kier alpha value is -2.11. The number of primary amides is 1. The van der Waals surface area contributed by atoms with Gasteiger partial charge in [0, 0.05) is 12.1 Å². The number of urea groups is 1.